The van der Waals surface area contributed by atoms with Gasteiger partial charge in [-0.3, -0.25) is 4.79 Å². The van der Waals surface area contributed by atoms with Gasteiger partial charge in [-0.2, -0.15) is 0 Å². The molecule has 0 amide bonds. The zero-order valence-corrected chi connectivity index (χ0v) is 19.1. The Morgan fingerprint density at radius 3 is 2.00 bits per heavy atom. The highest BCUT2D eigenvalue weighted by Crippen LogP contribution is 2.48. The second-order valence-electron chi connectivity index (χ2n) is 7.75. The van der Waals surface area contributed by atoms with Crippen LogP contribution in [-0.2, 0) is 14.3 Å². The minimum absolute atomic E-state index is 0.0151. The Labute approximate surface area is 170 Å². The zero-order valence-electron chi connectivity index (χ0n) is 15.2. The smallest absolute Gasteiger partial charge is 0.357 e. The predicted molar refractivity (Wildman–Crippen MR) is 106 cm³/mol. The van der Waals surface area contributed by atoms with Gasteiger partial charge in [-0.1, -0.05) is 69.1 Å². The van der Waals surface area contributed by atoms with Gasteiger partial charge in [-0.25, -0.2) is 4.79 Å². The van der Waals surface area contributed by atoms with Crippen molar-refractivity contribution in [2.45, 2.75) is 47.1 Å². The maximum absolute atomic E-state index is 13.2. The summed E-state index contributed by atoms with van der Waals surface area (Å²) in [5.41, 5.74) is -2.91. The highest BCUT2D eigenvalue weighted by molar-refractivity contribution is 9.10. The van der Waals surface area contributed by atoms with Gasteiger partial charge in [0.15, 0.2) is 0 Å². The second-order valence-corrected chi connectivity index (χ2v) is 9.60. The molecule has 0 saturated heterocycles. The van der Waals surface area contributed by atoms with Crippen LogP contribution in [0.5, 0.6) is 5.75 Å². The fourth-order valence-electron chi connectivity index (χ4n) is 3.01. The molecule has 0 fully saturated rings. The van der Waals surface area contributed by atoms with Gasteiger partial charge in [0, 0.05) is 15.9 Å². The van der Waals surface area contributed by atoms with E-state index in [1.54, 1.807) is 18.2 Å². The second kappa shape index (κ2) is 7.97. The number of ether oxygens (including phenoxy) is 2. The van der Waals surface area contributed by atoms with E-state index in [1.807, 2.05) is 41.5 Å². The fraction of sp³-hybridized carbons (Fsp3) is 0.556. The average molecular weight is 499 g/mol. The van der Waals surface area contributed by atoms with E-state index in [4.69, 9.17) is 21.1 Å². The lowest BCUT2D eigenvalue weighted by Gasteiger charge is -2.49. The van der Waals surface area contributed by atoms with Crippen molar-refractivity contribution in [3.63, 3.8) is 0 Å². The molecule has 0 spiro atoms. The van der Waals surface area contributed by atoms with Crippen LogP contribution in [0.25, 0.3) is 0 Å². The number of alkyl halides is 1. The molecular weight excluding hydrogens is 475 g/mol. The average Bonchev–Trinajstić information content (AvgIpc) is 2.44. The number of esters is 2. The van der Waals surface area contributed by atoms with E-state index in [2.05, 4.69) is 31.9 Å². The molecule has 1 aromatic carbocycles. The minimum Gasteiger partial charge on any atom is -0.445 e. The van der Waals surface area contributed by atoms with Gasteiger partial charge in [0.25, 0.3) is 0 Å². The summed E-state index contributed by atoms with van der Waals surface area (Å²) in [6.07, 6.45) is 0. The Morgan fingerprint density at radius 2 is 1.60 bits per heavy atom. The first-order valence-corrected chi connectivity index (χ1v) is 10.0. The molecule has 7 heteroatoms. The number of halogens is 3. The van der Waals surface area contributed by atoms with Crippen molar-refractivity contribution in [2.75, 3.05) is 5.33 Å². The zero-order chi connectivity index (χ0) is 19.6. The minimum atomic E-state index is -1.50. The largest absolute Gasteiger partial charge is 0.445 e. The van der Waals surface area contributed by atoms with Crippen molar-refractivity contribution in [1.29, 1.82) is 0 Å². The third-order valence-corrected chi connectivity index (χ3v) is 5.19. The first kappa shape index (κ1) is 22.5. The van der Waals surface area contributed by atoms with Gasteiger partial charge in [-0.05, 0) is 34.1 Å². The topological polar surface area (TPSA) is 52.6 Å². The normalized spacial score (nSPS) is 12.7. The number of hydrogen-bond acceptors (Lipinski definition) is 4. The van der Waals surface area contributed by atoms with Crippen molar-refractivity contribution in [3.8, 4) is 5.75 Å². The third kappa shape index (κ3) is 4.77. The molecule has 0 unspecified atom stereocenters. The summed E-state index contributed by atoms with van der Waals surface area (Å²) in [4.78, 5) is 25.3. The van der Waals surface area contributed by atoms with Crippen molar-refractivity contribution >= 4 is 55.4 Å². The van der Waals surface area contributed by atoms with Gasteiger partial charge in [0.05, 0.1) is 4.47 Å². The highest BCUT2D eigenvalue weighted by atomic mass is 79.9. The van der Waals surface area contributed by atoms with E-state index in [0.717, 1.165) is 0 Å². The molecule has 0 bridgehead atoms. The first-order chi connectivity index (χ1) is 11.3. The molecule has 0 aliphatic heterocycles. The van der Waals surface area contributed by atoms with Crippen LogP contribution in [0.4, 0.5) is 0 Å². The number of carbonyl (C=O) groups is 2. The Balaban J connectivity index is 3.44. The molecule has 25 heavy (non-hydrogen) atoms. The first-order valence-electron chi connectivity index (χ1n) is 7.71. The van der Waals surface area contributed by atoms with E-state index >= 15 is 0 Å². The molecular formula is C18H23Br2ClO4. The van der Waals surface area contributed by atoms with Gasteiger partial charge >= 0.3 is 11.9 Å². The lowest BCUT2D eigenvalue weighted by Crippen LogP contribution is -2.63. The summed E-state index contributed by atoms with van der Waals surface area (Å²) < 4.78 is 11.9. The third-order valence-electron chi connectivity index (χ3n) is 3.87. The van der Waals surface area contributed by atoms with Crippen LogP contribution in [-0.4, -0.2) is 22.9 Å². The van der Waals surface area contributed by atoms with Crippen molar-refractivity contribution in [1.82, 2.24) is 0 Å². The van der Waals surface area contributed by atoms with Gasteiger partial charge in [0.2, 0.25) is 5.60 Å². The Hall–Kier alpha value is -0.590. The molecule has 1 aromatic rings. The summed E-state index contributed by atoms with van der Waals surface area (Å²) in [6.45, 7) is 11.1. The van der Waals surface area contributed by atoms with Gasteiger partial charge in [-0.15, -0.1) is 0 Å². The molecule has 0 aromatic heterocycles. The maximum Gasteiger partial charge on any atom is 0.357 e. The summed E-state index contributed by atoms with van der Waals surface area (Å²) in [7, 11) is 0. The SMILES string of the molecule is CC(C)(C)C(OC(=O)CBr)(C(=O)Oc1ccc(Cl)cc1Br)C(C)(C)C. The van der Waals surface area contributed by atoms with Crippen molar-refractivity contribution in [3.05, 3.63) is 27.7 Å². The van der Waals surface area contributed by atoms with Gasteiger partial charge < -0.3 is 9.47 Å². The Morgan fingerprint density at radius 1 is 1.08 bits per heavy atom. The van der Waals surface area contributed by atoms with Crippen LogP contribution >= 0.6 is 43.5 Å². The number of hydrogen-bond donors (Lipinski definition) is 0. The standard InChI is InChI=1S/C18H23Br2ClO4/c1-16(2,3)18(17(4,5)6,25-14(22)10-19)15(23)24-13-8-7-11(21)9-12(13)20/h7-9H,10H2,1-6H3. The summed E-state index contributed by atoms with van der Waals surface area (Å²) in [5.74, 6) is -0.857. The number of carbonyl (C=O) groups excluding carboxylic acids is 2. The quantitative estimate of drug-likeness (QED) is 0.300. The van der Waals surface area contributed by atoms with Crippen LogP contribution in [0.3, 0.4) is 0 Å². The predicted octanol–water partition coefficient (Wildman–Crippen LogP) is 5.78. The molecule has 1 rings (SSSR count). The molecule has 0 heterocycles. The van der Waals surface area contributed by atoms with E-state index in [0.29, 0.717) is 15.2 Å². The van der Waals surface area contributed by atoms with Crippen LogP contribution in [0, 0.1) is 10.8 Å². The van der Waals surface area contributed by atoms with Crippen LogP contribution < -0.4 is 4.74 Å². The molecule has 0 aliphatic rings. The molecule has 140 valence electrons. The van der Waals surface area contributed by atoms with Crippen molar-refractivity contribution < 1.29 is 19.1 Å². The number of benzene rings is 1. The summed E-state index contributed by atoms with van der Waals surface area (Å²) >= 11 is 12.3. The van der Waals surface area contributed by atoms with E-state index in [1.165, 1.54) is 0 Å². The molecule has 0 saturated carbocycles. The Kier molecular flexibility index (Phi) is 7.16. The monoisotopic (exact) mass is 496 g/mol. The van der Waals surface area contributed by atoms with E-state index in [9.17, 15) is 9.59 Å². The Bertz CT molecular complexity index is 646. The maximum atomic E-state index is 13.2. The molecule has 0 atom stereocenters. The van der Waals surface area contributed by atoms with E-state index < -0.39 is 28.4 Å². The van der Waals surface area contributed by atoms with E-state index in [-0.39, 0.29) is 5.33 Å². The van der Waals surface area contributed by atoms with Crippen LogP contribution in [0.1, 0.15) is 41.5 Å². The lowest BCUT2D eigenvalue weighted by atomic mass is 9.62. The summed E-state index contributed by atoms with van der Waals surface area (Å²) in [5, 5.41) is 0.494. The highest BCUT2D eigenvalue weighted by Gasteiger charge is 2.61. The van der Waals surface area contributed by atoms with Crippen molar-refractivity contribution in [2.24, 2.45) is 10.8 Å². The van der Waals surface area contributed by atoms with Crippen LogP contribution in [0.2, 0.25) is 5.02 Å². The van der Waals surface area contributed by atoms with Gasteiger partial charge in [0.1, 0.15) is 11.1 Å². The molecule has 4 nitrogen and oxygen atoms in total. The molecule has 0 radical (unpaired) electrons. The fourth-order valence-corrected chi connectivity index (χ4v) is 3.89. The molecule has 0 N–H and O–H groups in total. The lowest BCUT2D eigenvalue weighted by molar-refractivity contribution is -0.209. The van der Waals surface area contributed by atoms with Crippen LogP contribution in [0.15, 0.2) is 22.7 Å². The molecule has 0 aliphatic carbocycles. The summed E-state index contributed by atoms with van der Waals surface area (Å²) in [6, 6.07) is 4.84. The number of rotatable bonds is 4.